The Morgan fingerprint density at radius 3 is 2.92 bits per heavy atom. The molecule has 4 amide bonds. The number of carbonyl (C=O) groups is 3. The summed E-state index contributed by atoms with van der Waals surface area (Å²) in [6.07, 6.45) is 7.81. The first-order chi connectivity index (χ1) is 11.5. The first kappa shape index (κ1) is 18.1. The Labute approximate surface area is 141 Å². The molecule has 0 spiro atoms. The normalized spacial score (nSPS) is 19.5. The Kier molecular flexibility index (Phi) is 6.43. The van der Waals surface area contributed by atoms with Crippen molar-refractivity contribution in [2.75, 3.05) is 19.7 Å². The number of hydrogen-bond acceptors (Lipinski definition) is 4. The first-order valence-corrected chi connectivity index (χ1v) is 8.16. The highest BCUT2D eigenvalue weighted by Crippen LogP contribution is 2.19. The van der Waals surface area contributed by atoms with Gasteiger partial charge in [0, 0.05) is 26.1 Å². The molecule has 0 radical (unpaired) electrons. The molecule has 7 heteroatoms. The van der Waals surface area contributed by atoms with Crippen molar-refractivity contribution < 1.29 is 19.1 Å². The van der Waals surface area contributed by atoms with Crippen molar-refractivity contribution in [3.63, 3.8) is 0 Å². The standard InChI is InChI=1S/C17H23N3O4/c1-12(2)24-11-5-9-18-15(21)8-10-20-16(22)13-6-3-4-7-14(13)19-17(20)23/h3-4,6-7,12-13H,5,8-11H2,1-2H3,(H,18,21). The molecule has 1 aliphatic heterocycles. The van der Waals surface area contributed by atoms with E-state index in [1.807, 2.05) is 13.8 Å². The fourth-order valence-electron chi connectivity index (χ4n) is 2.41. The molecule has 2 aliphatic rings. The SMILES string of the molecule is CC(C)OCCCNC(=O)CCN1C(=O)N=C2C=CC=CC2C1=O. The highest BCUT2D eigenvalue weighted by atomic mass is 16.5. The van der Waals surface area contributed by atoms with Gasteiger partial charge in [-0.25, -0.2) is 4.79 Å². The minimum Gasteiger partial charge on any atom is -0.379 e. The fourth-order valence-corrected chi connectivity index (χ4v) is 2.41. The van der Waals surface area contributed by atoms with Crippen molar-refractivity contribution in [1.82, 2.24) is 10.2 Å². The Hall–Kier alpha value is -2.28. The maximum absolute atomic E-state index is 12.3. The molecular formula is C17H23N3O4. The molecule has 0 aromatic heterocycles. The van der Waals surface area contributed by atoms with Crippen molar-refractivity contribution in [3.8, 4) is 0 Å². The largest absolute Gasteiger partial charge is 0.379 e. The highest BCUT2D eigenvalue weighted by Gasteiger charge is 2.35. The van der Waals surface area contributed by atoms with Gasteiger partial charge in [-0.3, -0.25) is 14.5 Å². The summed E-state index contributed by atoms with van der Waals surface area (Å²) in [4.78, 5) is 41.1. The monoisotopic (exact) mass is 333 g/mol. The lowest BCUT2D eigenvalue weighted by Gasteiger charge is -2.28. The van der Waals surface area contributed by atoms with Gasteiger partial charge in [-0.15, -0.1) is 0 Å². The molecule has 7 nitrogen and oxygen atoms in total. The summed E-state index contributed by atoms with van der Waals surface area (Å²) in [5, 5.41) is 2.75. The minimum absolute atomic E-state index is 0.0385. The zero-order valence-electron chi connectivity index (χ0n) is 14.0. The average molecular weight is 333 g/mol. The molecule has 1 N–H and O–H groups in total. The molecule has 0 aromatic rings. The molecule has 1 unspecified atom stereocenters. The van der Waals surface area contributed by atoms with Crippen molar-refractivity contribution in [2.45, 2.75) is 32.8 Å². The van der Waals surface area contributed by atoms with Crippen LogP contribution < -0.4 is 5.32 Å². The number of ether oxygens (including phenoxy) is 1. The zero-order chi connectivity index (χ0) is 17.5. The number of rotatable bonds is 8. The van der Waals surface area contributed by atoms with Gasteiger partial charge in [-0.2, -0.15) is 4.99 Å². The number of nitrogens with one attached hydrogen (secondary N) is 1. The van der Waals surface area contributed by atoms with Crippen LogP contribution in [0.5, 0.6) is 0 Å². The maximum Gasteiger partial charge on any atom is 0.350 e. The molecule has 1 aliphatic carbocycles. The first-order valence-electron chi connectivity index (χ1n) is 8.16. The van der Waals surface area contributed by atoms with E-state index in [-0.39, 0.29) is 30.9 Å². The average Bonchev–Trinajstić information content (AvgIpc) is 2.54. The lowest BCUT2D eigenvalue weighted by molar-refractivity contribution is -0.130. The van der Waals surface area contributed by atoms with Crippen molar-refractivity contribution in [2.24, 2.45) is 10.9 Å². The van der Waals surface area contributed by atoms with Crippen LogP contribution in [0, 0.1) is 5.92 Å². The predicted molar refractivity (Wildman–Crippen MR) is 89.6 cm³/mol. The Balaban J connectivity index is 1.75. The van der Waals surface area contributed by atoms with Gasteiger partial charge in [0.25, 0.3) is 0 Å². The van der Waals surface area contributed by atoms with Crippen LogP contribution in [0.25, 0.3) is 0 Å². The molecule has 0 aromatic carbocycles. The van der Waals surface area contributed by atoms with Crippen LogP contribution in [0.3, 0.4) is 0 Å². The lowest BCUT2D eigenvalue weighted by Crippen LogP contribution is -2.47. The van der Waals surface area contributed by atoms with E-state index in [1.165, 1.54) is 0 Å². The molecule has 1 heterocycles. The number of imide groups is 1. The molecular weight excluding hydrogens is 310 g/mol. The smallest absolute Gasteiger partial charge is 0.350 e. The number of hydrogen-bond donors (Lipinski definition) is 1. The van der Waals surface area contributed by atoms with E-state index in [0.717, 1.165) is 11.3 Å². The summed E-state index contributed by atoms with van der Waals surface area (Å²) in [7, 11) is 0. The van der Waals surface area contributed by atoms with Crippen LogP contribution in [0.1, 0.15) is 26.7 Å². The molecule has 1 atom stereocenters. The molecule has 0 bridgehead atoms. The fraction of sp³-hybridized carbons (Fsp3) is 0.529. The van der Waals surface area contributed by atoms with Crippen LogP contribution in [-0.4, -0.2) is 54.3 Å². The van der Waals surface area contributed by atoms with E-state index >= 15 is 0 Å². The summed E-state index contributed by atoms with van der Waals surface area (Å²) in [6.45, 7) is 5.04. The van der Waals surface area contributed by atoms with E-state index in [2.05, 4.69) is 10.3 Å². The van der Waals surface area contributed by atoms with E-state index in [9.17, 15) is 14.4 Å². The number of nitrogens with zero attached hydrogens (tertiary/aromatic N) is 2. The summed E-state index contributed by atoms with van der Waals surface area (Å²) in [5.41, 5.74) is 0.457. The van der Waals surface area contributed by atoms with Crippen LogP contribution in [-0.2, 0) is 14.3 Å². The quantitative estimate of drug-likeness (QED) is 0.681. The van der Waals surface area contributed by atoms with Crippen molar-refractivity contribution in [3.05, 3.63) is 24.3 Å². The highest BCUT2D eigenvalue weighted by molar-refractivity contribution is 6.21. The second-order valence-corrected chi connectivity index (χ2v) is 5.90. The number of amides is 4. The third kappa shape index (κ3) is 4.86. The third-order valence-corrected chi connectivity index (χ3v) is 3.64. The minimum atomic E-state index is -0.607. The number of carbonyl (C=O) groups excluding carboxylic acids is 3. The van der Waals surface area contributed by atoms with Gasteiger partial charge in [0.2, 0.25) is 11.8 Å². The van der Waals surface area contributed by atoms with Gasteiger partial charge in [0.15, 0.2) is 0 Å². The Morgan fingerprint density at radius 1 is 1.38 bits per heavy atom. The molecule has 130 valence electrons. The van der Waals surface area contributed by atoms with Gasteiger partial charge in [-0.05, 0) is 26.3 Å². The van der Waals surface area contributed by atoms with Gasteiger partial charge >= 0.3 is 6.03 Å². The second-order valence-electron chi connectivity index (χ2n) is 5.90. The third-order valence-electron chi connectivity index (χ3n) is 3.64. The van der Waals surface area contributed by atoms with Crippen LogP contribution >= 0.6 is 0 Å². The van der Waals surface area contributed by atoms with Gasteiger partial charge in [0.1, 0.15) is 0 Å². The molecule has 0 fully saturated rings. The van der Waals surface area contributed by atoms with Crippen molar-refractivity contribution >= 4 is 23.6 Å². The van der Waals surface area contributed by atoms with Crippen LogP contribution in [0.15, 0.2) is 29.3 Å². The molecule has 0 saturated carbocycles. The Morgan fingerprint density at radius 2 is 2.17 bits per heavy atom. The summed E-state index contributed by atoms with van der Waals surface area (Å²) in [6, 6.07) is -0.607. The van der Waals surface area contributed by atoms with Gasteiger partial charge < -0.3 is 10.1 Å². The van der Waals surface area contributed by atoms with E-state index in [4.69, 9.17) is 4.74 Å². The van der Waals surface area contributed by atoms with E-state index in [0.29, 0.717) is 18.9 Å². The molecule has 2 rings (SSSR count). The predicted octanol–water partition coefficient (Wildman–Crippen LogP) is 1.45. The van der Waals surface area contributed by atoms with E-state index in [1.54, 1.807) is 24.3 Å². The topological polar surface area (TPSA) is 88.1 Å². The second kappa shape index (κ2) is 8.54. The van der Waals surface area contributed by atoms with Crippen LogP contribution in [0.4, 0.5) is 4.79 Å². The molecule has 24 heavy (non-hydrogen) atoms. The molecule has 0 saturated heterocycles. The zero-order valence-corrected chi connectivity index (χ0v) is 14.0. The van der Waals surface area contributed by atoms with Crippen LogP contribution in [0.2, 0.25) is 0 Å². The van der Waals surface area contributed by atoms with Gasteiger partial charge in [-0.1, -0.05) is 18.2 Å². The maximum atomic E-state index is 12.3. The van der Waals surface area contributed by atoms with Crippen molar-refractivity contribution in [1.29, 1.82) is 0 Å². The summed E-state index contributed by atoms with van der Waals surface area (Å²) < 4.78 is 5.38. The summed E-state index contributed by atoms with van der Waals surface area (Å²) in [5.74, 6) is -1.05. The number of urea groups is 1. The number of allylic oxidation sites excluding steroid dienone is 3. The van der Waals surface area contributed by atoms with Gasteiger partial charge in [0.05, 0.1) is 17.7 Å². The Bertz CT molecular complexity index is 593. The number of aliphatic imine (C=N–C) groups is 1. The summed E-state index contributed by atoms with van der Waals surface area (Å²) >= 11 is 0. The van der Waals surface area contributed by atoms with E-state index < -0.39 is 11.9 Å². The number of fused-ring (bicyclic) bond motifs is 1. The lowest BCUT2D eigenvalue weighted by atomic mass is 9.95.